The minimum Gasteiger partial charge on any atom is -0.462 e. The number of hydrogen-bond acceptors (Lipinski definition) is 6. The zero-order valence-electron chi connectivity index (χ0n) is 45.8. The summed E-state index contributed by atoms with van der Waals surface area (Å²) in [5.74, 6) is -0.871. The van der Waals surface area contributed by atoms with Crippen molar-refractivity contribution in [3.63, 3.8) is 0 Å². The molecular weight excluding hydrogens is 853 g/mol. The summed E-state index contributed by atoms with van der Waals surface area (Å²) in [4.78, 5) is 38.1. The molecule has 6 heteroatoms. The van der Waals surface area contributed by atoms with Gasteiger partial charge in [-0.25, -0.2) is 0 Å². The molecule has 0 aromatic carbocycles. The van der Waals surface area contributed by atoms with Gasteiger partial charge in [0, 0.05) is 19.3 Å². The summed E-state index contributed by atoms with van der Waals surface area (Å²) in [7, 11) is 0. The third kappa shape index (κ3) is 55.9. The fourth-order valence-corrected chi connectivity index (χ4v) is 8.53. The molecule has 0 radical (unpaired) electrons. The molecule has 0 N–H and O–H groups in total. The quantitative estimate of drug-likeness (QED) is 0.0262. The maximum absolute atomic E-state index is 12.8. The lowest BCUT2D eigenvalue weighted by molar-refractivity contribution is -0.167. The van der Waals surface area contributed by atoms with E-state index in [0.717, 1.165) is 89.9 Å². The molecule has 6 nitrogen and oxygen atoms in total. The van der Waals surface area contributed by atoms with Crippen LogP contribution in [-0.4, -0.2) is 37.2 Å². The largest absolute Gasteiger partial charge is 0.462 e. The predicted octanol–water partition coefficient (Wildman–Crippen LogP) is 20.0. The van der Waals surface area contributed by atoms with E-state index in [0.29, 0.717) is 19.3 Å². The van der Waals surface area contributed by atoms with Gasteiger partial charge in [0.25, 0.3) is 0 Å². The monoisotopic (exact) mass is 965 g/mol. The first-order valence-electron chi connectivity index (χ1n) is 29.8. The molecule has 0 saturated carbocycles. The van der Waals surface area contributed by atoms with Crippen LogP contribution in [0.2, 0.25) is 0 Å². The van der Waals surface area contributed by atoms with Crippen LogP contribution in [0.5, 0.6) is 0 Å². The lowest BCUT2D eigenvalue weighted by Gasteiger charge is -2.18. The number of rotatable bonds is 54. The first kappa shape index (κ1) is 66.1. The standard InChI is InChI=1S/C63H112O6/c1-4-7-10-13-16-19-22-24-25-26-27-28-29-30-31-32-33-34-35-36-37-39-41-44-47-50-53-56-62(65)68-59-60(58-67-61(64)55-52-49-46-43-40-21-18-15-12-9-6-3)69-63(66)57-54-51-48-45-42-38-23-20-17-14-11-8-5-2/h7,10,15-16,18-19,24-25,27-28,60H,4-6,8-9,11-14,17,20-23,26,29-59H2,1-3H3/b10-7-,18-15-,19-16-,25-24-,28-27-. The van der Waals surface area contributed by atoms with Crippen LogP contribution >= 0.6 is 0 Å². The molecule has 400 valence electrons. The van der Waals surface area contributed by atoms with Crippen molar-refractivity contribution < 1.29 is 28.6 Å². The fraction of sp³-hybridized carbons (Fsp3) is 0.794. The summed E-state index contributed by atoms with van der Waals surface area (Å²) < 4.78 is 16.8. The molecule has 0 rings (SSSR count). The van der Waals surface area contributed by atoms with Gasteiger partial charge in [0.2, 0.25) is 0 Å². The lowest BCUT2D eigenvalue weighted by Crippen LogP contribution is -2.30. The molecule has 0 heterocycles. The SMILES string of the molecule is CC/C=C\C/C=C\C/C=C\C/C=C\CCCCCCCCCCCCCCCCC(=O)OCC(COC(=O)CCCCCCC/C=C\CCCC)OC(=O)CCCCCCCCCCCCCCC. The van der Waals surface area contributed by atoms with E-state index in [9.17, 15) is 14.4 Å². The minimum atomic E-state index is -0.773. The van der Waals surface area contributed by atoms with E-state index in [1.165, 1.54) is 173 Å². The Balaban J connectivity index is 4.17. The zero-order valence-corrected chi connectivity index (χ0v) is 45.8. The zero-order chi connectivity index (χ0) is 50.0. The van der Waals surface area contributed by atoms with Crippen molar-refractivity contribution in [1.29, 1.82) is 0 Å². The number of hydrogen-bond donors (Lipinski definition) is 0. The number of allylic oxidation sites excluding steroid dienone is 10. The molecule has 0 spiro atoms. The van der Waals surface area contributed by atoms with Crippen LogP contribution in [0.25, 0.3) is 0 Å². The second-order valence-electron chi connectivity index (χ2n) is 19.9. The van der Waals surface area contributed by atoms with Gasteiger partial charge in [0.15, 0.2) is 6.10 Å². The van der Waals surface area contributed by atoms with Gasteiger partial charge in [-0.3, -0.25) is 14.4 Å². The summed E-state index contributed by atoms with van der Waals surface area (Å²) in [5, 5.41) is 0. The lowest BCUT2D eigenvalue weighted by atomic mass is 10.0. The van der Waals surface area contributed by atoms with Crippen molar-refractivity contribution in [2.75, 3.05) is 13.2 Å². The third-order valence-electron chi connectivity index (χ3n) is 13.0. The smallest absolute Gasteiger partial charge is 0.306 e. The Morgan fingerprint density at radius 2 is 0.580 bits per heavy atom. The Kier molecular flexibility index (Phi) is 55.3. The molecule has 0 saturated heterocycles. The highest BCUT2D eigenvalue weighted by Gasteiger charge is 2.19. The van der Waals surface area contributed by atoms with Crippen LogP contribution in [0.3, 0.4) is 0 Å². The average Bonchev–Trinajstić information content (AvgIpc) is 3.35. The van der Waals surface area contributed by atoms with Crippen molar-refractivity contribution in [1.82, 2.24) is 0 Å². The Morgan fingerprint density at radius 1 is 0.304 bits per heavy atom. The van der Waals surface area contributed by atoms with E-state index in [1.54, 1.807) is 0 Å². The van der Waals surface area contributed by atoms with Gasteiger partial charge < -0.3 is 14.2 Å². The Labute approximate surface area is 428 Å². The third-order valence-corrected chi connectivity index (χ3v) is 13.0. The summed E-state index contributed by atoms with van der Waals surface area (Å²) >= 11 is 0. The van der Waals surface area contributed by atoms with Crippen molar-refractivity contribution >= 4 is 17.9 Å². The first-order valence-corrected chi connectivity index (χ1v) is 29.8. The average molecular weight is 966 g/mol. The Bertz CT molecular complexity index is 1250. The van der Waals surface area contributed by atoms with Crippen LogP contribution in [0.4, 0.5) is 0 Å². The number of esters is 3. The summed E-state index contributed by atoms with van der Waals surface area (Å²) in [6.45, 7) is 6.51. The van der Waals surface area contributed by atoms with E-state index in [2.05, 4.69) is 81.5 Å². The minimum absolute atomic E-state index is 0.0734. The second kappa shape index (κ2) is 57.7. The molecule has 0 aliphatic rings. The fourth-order valence-electron chi connectivity index (χ4n) is 8.53. The number of unbranched alkanes of at least 4 members (excludes halogenated alkanes) is 33. The molecule has 0 fully saturated rings. The number of carbonyl (C=O) groups excluding carboxylic acids is 3. The topological polar surface area (TPSA) is 78.9 Å². The highest BCUT2D eigenvalue weighted by Crippen LogP contribution is 2.17. The summed E-state index contributed by atoms with van der Waals surface area (Å²) in [6.07, 6.45) is 72.3. The van der Waals surface area contributed by atoms with E-state index in [-0.39, 0.29) is 31.1 Å². The van der Waals surface area contributed by atoms with Crippen molar-refractivity contribution in [3.8, 4) is 0 Å². The van der Waals surface area contributed by atoms with Crippen LogP contribution < -0.4 is 0 Å². The maximum Gasteiger partial charge on any atom is 0.306 e. The molecule has 0 aliphatic heterocycles. The second-order valence-corrected chi connectivity index (χ2v) is 19.9. The molecule has 0 aliphatic carbocycles. The van der Waals surface area contributed by atoms with Crippen molar-refractivity contribution in [3.05, 3.63) is 60.8 Å². The Morgan fingerprint density at radius 3 is 0.942 bits per heavy atom. The molecule has 1 atom stereocenters. The molecular formula is C63H112O6. The maximum atomic E-state index is 12.8. The van der Waals surface area contributed by atoms with Gasteiger partial charge in [-0.15, -0.1) is 0 Å². The highest BCUT2D eigenvalue weighted by molar-refractivity contribution is 5.71. The predicted molar refractivity (Wildman–Crippen MR) is 298 cm³/mol. The molecule has 1 unspecified atom stereocenters. The van der Waals surface area contributed by atoms with E-state index in [1.807, 2.05) is 0 Å². The van der Waals surface area contributed by atoms with Gasteiger partial charge in [0.05, 0.1) is 0 Å². The first-order chi connectivity index (χ1) is 34.0. The number of ether oxygens (including phenoxy) is 3. The van der Waals surface area contributed by atoms with E-state index in [4.69, 9.17) is 14.2 Å². The van der Waals surface area contributed by atoms with Crippen LogP contribution in [0, 0.1) is 0 Å². The molecule has 0 bridgehead atoms. The van der Waals surface area contributed by atoms with Gasteiger partial charge in [-0.1, -0.05) is 268 Å². The van der Waals surface area contributed by atoms with E-state index >= 15 is 0 Å². The van der Waals surface area contributed by atoms with Crippen molar-refractivity contribution in [2.24, 2.45) is 0 Å². The molecule has 0 amide bonds. The number of carbonyl (C=O) groups is 3. The summed E-state index contributed by atoms with van der Waals surface area (Å²) in [6, 6.07) is 0. The van der Waals surface area contributed by atoms with Crippen LogP contribution in [0.15, 0.2) is 60.8 Å². The van der Waals surface area contributed by atoms with Crippen LogP contribution in [0.1, 0.15) is 303 Å². The van der Waals surface area contributed by atoms with Crippen LogP contribution in [-0.2, 0) is 28.6 Å². The van der Waals surface area contributed by atoms with Gasteiger partial charge in [0.1, 0.15) is 13.2 Å². The van der Waals surface area contributed by atoms with Gasteiger partial charge >= 0.3 is 17.9 Å². The highest BCUT2D eigenvalue weighted by atomic mass is 16.6. The molecule has 69 heavy (non-hydrogen) atoms. The molecule has 0 aromatic rings. The normalized spacial score (nSPS) is 12.4. The summed E-state index contributed by atoms with van der Waals surface area (Å²) in [5.41, 5.74) is 0. The van der Waals surface area contributed by atoms with E-state index < -0.39 is 6.10 Å². The molecule has 0 aromatic heterocycles. The Hall–Kier alpha value is -2.89. The van der Waals surface area contributed by atoms with Crippen molar-refractivity contribution in [2.45, 2.75) is 309 Å². The van der Waals surface area contributed by atoms with Gasteiger partial charge in [-0.05, 0) is 77.0 Å². The van der Waals surface area contributed by atoms with Gasteiger partial charge in [-0.2, -0.15) is 0 Å².